The number of carbonyl (C=O) groups excluding carboxylic acids is 1. The Morgan fingerprint density at radius 3 is 2.70 bits per heavy atom. The fourth-order valence-corrected chi connectivity index (χ4v) is 3.45. The van der Waals surface area contributed by atoms with Crippen molar-refractivity contribution >= 4 is 5.91 Å². The van der Waals surface area contributed by atoms with Crippen molar-refractivity contribution in [3.63, 3.8) is 0 Å². The van der Waals surface area contributed by atoms with Crippen molar-refractivity contribution in [1.29, 1.82) is 0 Å². The zero-order valence-electron chi connectivity index (χ0n) is 14.9. The number of aromatic nitrogens is 2. The number of piperidine rings is 1. The van der Waals surface area contributed by atoms with Gasteiger partial charge >= 0.3 is 6.36 Å². The number of alkyl halides is 3. The van der Waals surface area contributed by atoms with Gasteiger partial charge in [0.25, 0.3) is 5.91 Å². The van der Waals surface area contributed by atoms with Gasteiger partial charge in [-0.05, 0) is 49.7 Å². The quantitative estimate of drug-likeness (QED) is 0.863. The van der Waals surface area contributed by atoms with Crippen LogP contribution in [0.4, 0.5) is 13.2 Å². The first kappa shape index (κ1) is 19.2. The lowest BCUT2D eigenvalue weighted by Gasteiger charge is -2.39. The van der Waals surface area contributed by atoms with Crippen LogP contribution in [0.3, 0.4) is 0 Å². The van der Waals surface area contributed by atoms with E-state index in [-0.39, 0.29) is 18.2 Å². The monoisotopic (exact) mass is 382 g/mol. The minimum absolute atomic E-state index is 0.116. The van der Waals surface area contributed by atoms with Crippen LogP contribution >= 0.6 is 0 Å². The molecule has 1 aromatic carbocycles. The highest BCUT2D eigenvalue weighted by atomic mass is 19.4. The van der Waals surface area contributed by atoms with Crippen LogP contribution in [-0.2, 0) is 16.9 Å². The zero-order valence-corrected chi connectivity index (χ0v) is 14.9. The number of nitrogens with zero attached hydrogens (tertiary/aromatic N) is 3. The van der Waals surface area contributed by atoms with Gasteiger partial charge in [0, 0.05) is 26.0 Å². The number of amides is 1. The van der Waals surface area contributed by atoms with Crippen molar-refractivity contribution in [1.82, 2.24) is 20.0 Å². The number of likely N-dealkylation sites (N-methyl/N-ethyl adjacent to an activating group) is 1. The molecule has 2 aromatic rings. The average Bonchev–Trinajstić information content (AvgIpc) is 3.15. The summed E-state index contributed by atoms with van der Waals surface area (Å²) in [6.07, 6.45) is -0.159. The molecule has 9 heteroatoms. The summed E-state index contributed by atoms with van der Waals surface area (Å²) < 4.78 is 42.9. The van der Waals surface area contributed by atoms with Crippen LogP contribution in [0.15, 0.2) is 42.7 Å². The van der Waals surface area contributed by atoms with Crippen LogP contribution in [0, 0.1) is 0 Å². The second-order valence-electron chi connectivity index (χ2n) is 6.59. The summed E-state index contributed by atoms with van der Waals surface area (Å²) in [4.78, 5) is 14.8. The van der Waals surface area contributed by atoms with E-state index in [0.717, 1.165) is 0 Å². The summed E-state index contributed by atoms with van der Waals surface area (Å²) >= 11 is 0. The van der Waals surface area contributed by atoms with E-state index in [9.17, 15) is 18.0 Å². The van der Waals surface area contributed by atoms with E-state index in [1.54, 1.807) is 36.3 Å². The molecule has 0 radical (unpaired) electrons. The third-order valence-corrected chi connectivity index (χ3v) is 4.67. The fourth-order valence-electron chi connectivity index (χ4n) is 3.45. The topological polar surface area (TPSA) is 59.4 Å². The third-order valence-electron chi connectivity index (χ3n) is 4.67. The van der Waals surface area contributed by atoms with E-state index in [0.29, 0.717) is 31.5 Å². The highest BCUT2D eigenvalue weighted by Crippen LogP contribution is 2.30. The molecule has 1 N–H and O–H groups in total. The predicted molar refractivity (Wildman–Crippen MR) is 91.9 cm³/mol. The van der Waals surface area contributed by atoms with Crippen molar-refractivity contribution in [2.45, 2.75) is 31.3 Å². The summed E-state index contributed by atoms with van der Waals surface area (Å²) in [6, 6.07) is 7.44. The van der Waals surface area contributed by atoms with Gasteiger partial charge in [-0.1, -0.05) is 12.1 Å². The van der Waals surface area contributed by atoms with Crippen LogP contribution < -0.4 is 10.1 Å². The minimum atomic E-state index is -4.75. The molecule has 1 aliphatic heterocycles. The highest BCUT2D eigenvalue weighted by Gasteiger charge is 2.43. The lowest BCUT2D eigenvalue weighted by atomic mass is 9.86. The summed E-state index contributed by atoms with van der Waals surface area (Å²) in [5, 5.41) is 7.51. The molecule has 0 spiro atoms. The predicted octanol–water partition coefficient (Wildman–Crippen LogP) is 2.52. The van der Waals surface area contributed by atoms with Crippen molar-refractivity contribution < 1.29 is 22.7 Å². The lowest BCUT2D eigenvalue weighted by molar-refractivity contribution is -0.274. The maximum Gasteiger partial charge on any atom is 0.573 e. The zero-order chi connectivity index (χ0) is 19.5. The van der Waals surface area contributed by atoms with E-state index < -0.39 is 11.9 Å². The van der Waals surface area contributed by atoms with Crippen LogP contribution in [0.2, 0.25) is 0 Å². The molecule has 1 aromatic heterocycles. The maximum atomic E-state index is 13.3. The van der Waals surface area contributed by atoms with Gasteiger partial charge in [-0.2, -0.15) is 5.10 Å². The van der Waals surface area contributed by atoms with E-state index in [4.69, 9.17) is 0 Å². The Balaban J connectivity index is 1.78. The Bertz CT molecular complexity index is 771. The molecule has 1 saturated heterocycles. The Kier molecular flexibility index (Phi) is 5.41. The Labute approximate surface area is 154 Å². The Morgan fingerprint density at radius 2 is 2.07 bits per heavy atom. The lowest BCUT2D eigenvalue weighted by Crippen LogP contribution is -2.54. The van der Waals surface area contributed by atoms with Crippen molar-refractivity contribution in [3.8, 4) is 5.75 Å². The molecule has 3 rings (SSSR count). The summed E-state index contributed by atoms with van der Waals surface area (Å²) in [7, 11) is 1.65. The second kappa shape index (κ2) is 7.59. The van der Waals surface area contributed by atoms with E-state index >= 15 is 0 Å². The van der Waals surface area contributed by atoms with E-state index in [2.05, 4.69) is 15.2 Å². The molecular formula is C18H21F3N4O2. The van der Waals surface area contributed by atoms with Gasteiger partial charge in [0.1, 0.15) is 11.3 Å². The number of halogens is 3. The smallest absolute Gasteiger partial charge is 0.406 e. The highest BCUT2D eigenvalue weighted by molar-refractivity contribution is 5.84. The molecule has 0 aliphatic carbocycles. The molecule has 0 bridgehead atoms. The minimum Gasteiger partial charge on any atom is -0.406 e. The molecule has 1 amide bonds. The van der Waals surface area contributed by atoms with Gasteiger partial charge in [0.2, 0.25) is 0 Å². The van der Waals surface area contributed by atoms with Crippen LogP contribution in [-0.4, -0.2) is 47.1 Å². The van der Waals surface area contributed by atoms with Crippen molar-refractivity contribution in [2.24, 2.45) is 0 Å². The molecule has 6 nitrogen and oxygen atoms in total. The molecule has 1 aliphatic rings. The Hall–Kier alpha value is -2.55. The van der Waals surface area contributed by atoms with Crippen LogP contribution in [0.1, 0.15) is 18.4 Å². The van der Waals surface area contributed by atoms with Gasteiger partial charge in [-0.15, -0.1) is 13.2 Å². The van der Waals surface area contributed by atoms with Crippen LogP contribution in [0.25, 0.3) is 0 Å². The first-order valence-corrected chi connectivity index (χ1v) is 8.61. The molecule has 2 heterocycles. The largest absolute Gasteiger partial charge is 0.573 e. The number of rotatable bonds is 5. The Morgan fingerprint density at radius 1 is 1.33 bits per heavy atom. The number of hydrogen-bond acceptors (Lipinski definition) is 4. The first-order chi connectivity index (χ1) is 12.8. The molecule has 0 unspecified atom stereocenters. The molecule has 0 saturated carbocycles. The second-order valence-corrected chi connectivity index (χ2v) is 6.59. The van der Waals surface area contributed by atoms with Crippen LogP contribution in [0.5, 0.6) is 5.75 Å². The molecule has 146 valence electrons. The maximum absolute atomic E-state index is 13.3. The van der Waals surface area contributed by atoms with Crippen molar-refractivity contribution in [2.75, 3.05) is 20.1 Å². The number of ether oxygens (including phenoxy) is 1. The average molecular weight is 382 g/mol. The van der Waals surface area contributed by atoms with Gasteiger partial charge in [0.05, 0.1) is 0 Å². The van der Waals surface area contributed by atoms with Gasteiger partial charge in [-0.3, -0.25) is 9.48 Å². The van der Waals surface area contributed by atoms with Crippen molar-refractivity contribution in [3.05, 3.63) is 48.3 Å². The molecule has 27 heavy (non-hydrogen) atoms. The summed E-state index contributed by atoms with van der Waals surface area (Å²) in [5.74, 6) is -0.417. The number of carbonyl (C=O) groups is 1. The normalized spacial score (nSPS) is 16.7. The number of hydrogen-bond donors (Lipinski definition) is 1. The summed E-state index contributed by atoms with van der Waals surface area (Å²) in [6.45, 7) is 1.55. The molecule has 0 atom stereocenters. The standard InChI is InChI=1S/C18H21F3N4O2/c1-24(13-14-4-2-5-15(12-14)27-18(19,20)21)16(26)17(6-9-22-10-7-17)25-11-3-8-23-25/h2-5,8,11-12,22H,6-7,9-10,13H2,1H3. The number of nitrogens with one attached hydrogen (secondary N) is 1. The SMILES string of the molecule is CN(Cc1cccc(OC(F)(F)F)c1)C(=O)C1(n2cccn2)CCNCC1. The van der Waals surface area contributed by atoms with Gasteiger partial charge < -0.3 is 15.0 Å². The number of benzene rings is 1. The first-order valence-electron chi connectivity index (χ1n) is 8.61. The fraction of sp³-hybridized carbons (Fsp3) is 0.444. The van der Waals surface area contributed by atoms with E-state index in [1.807, 2.05) is 0 Å². The molecule has 1 fully saturated rings. The van der Waals surface area contributed by atoms with E-state index in [1.165, 1.54) is 23.1 Å². The van der Waals surface area contributed by atoms with Gasteiger partial charge in [-0.25, -0.2) is 0 Å². The van der Waals surface area contributed by atoms with Gasteiger partial charge in [0.15, 0.2) is 0 Å². The summed E-state index contributed by atoms with van der Waals surface area (Å²) in [5.41, 5.74) is -0.235. The molecular weight excluding hydrogens is 361 g/mol. The third kappa shape index (κ3) is 4.41.